The molecule has 0 amide bonds. The minimum absolute atomic E-state index is 0.434. The van der Waals surface area contributed by atoms with Gasteiger partial charge < -0.3 is 15.2 Å². The zero-order valence-electron chi connectivity index (χ0n) is 11.4. The van der Waals surface area contributed by atoms with Crippen LogP contribution in [0.2, 0.25) is 0 Å². The molecule has 0 spiro atoms. The van der Waals surface area contributed by atoms with Gasteiger partial charge in [0.1, 0.15) is 0 Å². The molecular weight excluding hydrogens is 240 g/mol. The maximum atomic E-state index is 5.82. The number of methoxy groups -OCH3 is 2. The fourth-order valence-corrected chi connectivity index (χ4v) is 1.99. The summed E-state index contributed by atoms with van der Waals surface area (Å²) in [4.78, 5) is 4.32. The number of rotatable bonds is 4. The van der Waals surface area contributed by atoms with Crippen LogP contribution in [-0.2, 0) is 6.54 Å². The van der Waals surface area contributed by atoms with Crippen LogP contribution in [-0.4, -0.2) is 19.2 Å². The van der Waals surface area contributed by atoms with Gasteiger partial charge in [0.05, 0.1) is 14.2 Å². The van der Waals surface area contributed by atoms with Gasteiger partial charge in [-0.25, -0.2) is 0 Å². The van der Waals surface area contributed by atoms with E-state index in [0.717, 1.165) is 22.4 Å². The molecule has 2 aromatic rings. The Morgan fingerprint density at radius 3 is 2.32 bits per heavy atom. The van der Waals surface area contributed by atoms with Gasteiger partial charge in [-0.3, -0.25) is 4.98 Å². The van der Waals surface area contributed by atoms with Gasteiger partial charge in [0.25, 0.3) is 0 Å². The SMILES string of the molecule is COc1cc(CN)c(-c2ccc(C)nc2)cc1OC. The van der Waals surface area contributed by atoms with Gasteiger partial charge in [-0.05, 0) is 36.2 Å². The number of benzene rings is 1. The molecular formula is C15H18N2O2. The molecule has 19 heavy (non-hydrogen) atoms. The van der Waals surface area contributed by atoms with Crippen LogP contribution in [0.15, 0.2) is 30.5 Å². The Balaban J connectivity index is 2.57. The summed E-state index contributed by atoms with van der Waals surface area (Å²) in [5.41, 5.74) is 9.85. The lowest BCUT2D eigenvalue weighted by Gasteiger charge is -2.14. The molecule has 100 valence electrons. The van der Waals surface area contributed by atoms with E-state index in [4.69, 9.17) is 15.2 Å². The first-order chi connectivity index (χ1) is 9.19. The van der Waals surface area contributed by atoms with Crippen molar-refractivity contribution in [1.29, 1.82) is 0 Å². The van der Waals surface area contributed by atoms with Crippen molar-refractivity contribution >= 4 is 0 Å². The Hall–Kier alpha value is -2.07. The van der Waals surface area contributed by atoms with E-state index in [0.29, 0.717) is 18.0 Å². The third kappa shape index (κ3) is 2.69. The van der Waals surface area contributed by atoms with Crippen molar-refractivity contribution < 1.29 is 9.47 Å². The molecule has 0 saturated heterocycles. The highest BCUT2D eigenvalue weighted by Crippen LogP contribution is 2.35. The monoisotopic (exact) mass is 258 g/mol. The summed E-state index contributed by atoms with van der Waals surface area (Å²) in [6.07, 6.45) is 1.84. The maximum Gasteiger partial charge on any atom is 0.161 e. The molecule has 4 nitrogen and oxygen atoms in total. The first-order valence-electron chi connectivity index (χ1n) is 6.07. The summed E-state index contributed by atoms with van der Waals surface area (Å²) in [7, 11) is 3.24. The number of ether oxygens (including phenoxy) is 2. The molecule has 0 aliphatic rings. The predicted octanol–water partition coefficient (Wildman–Crippen LogP) is 2.53. The van der Waals surface area contributed by atoms with E-state index in [2.05, 4.69) is 4.98 Å². The minimum atomic E-state index is 0.434. The van der Waals surface area contributed by atoms with Crippen molar-refractivity contribution in [3.8, 4) is 22.6 Å². The normalized spacial score (nSPS) is 10.3. The smallest absolute Gasteiger partial charge is 0.161 e. The standard InChI is InChI=1S/C15H18N2O2/c1-10-4-5-11(9-17-10)13-7-15(19-3)14(18-2)6-12(13)8-16/h4-7,9H,8,16H2,1-3H3. The summed E-state index contributed by atoms with van der Waals surface area (Å²) in [6, 6.07) is 7.86. The van der Waals surface area contributed by atoms with Crippen LogP contribution >= 0.6 is 0 Å². The molecule has 0 aliphatic heterocycles. The Kier molecular flexibility index (Phi) is 4.02. The van der Waals surface area contributed by atoms with E-state index in [1.165, 1.54) is 0 Å². The summed E-state index contributed by atoms with van der Waals surface area (Å²) in [6.45, 7) is 2.39. The second kappa shape index (κ2) is 5.71. The molecule has 0 radical (unpaired) electrons. The van der Waals surface area contributed by atoms with E-state index >= 15 is 0 Å². The van der Waals surface area contributed by atoms with Crippen LogP contribution in [0.3, 0.4) is 0 Å². The average molecular weight is 258 g/mol. The van der Waals surface area contributed by atoms with Gasteiger partial charge in [0.15, 0.2) is 11.5 Å². The molecule has 1 aromatic heterocycles. The lowest BCUT2D eigenvalue weighted by atomic mass is 10.00. The number of aromatic nitrogens is 1. The van der Waals surface area contributed by atoms with Crippen molar-refractivity contribution in [3.63, 3.8) is 0 Å². The van der Waals surface area contributed by atoms with E-state index in [1.807, 2.05) is 37.4 Å². The highest BCUT2D eigenvalue weighted by Gasteiger charge is 2.11. The Morgan fingerprint density at radius 2 is 1.79 bits per heavy atom. The van der Waals surface area contributed by atoms with Crippen LogP contribution in [0.1, 0.15) is 11.3 Å². The molecule has 0 saturated carbocycles. The van der Waals surface area contributed by atoms with Crippen molar-refractivity contribution in [1.82, 2.24) is 4.98 Å². The maximum absolute atomic E-state index is 5.82. The van der Waals surface area contributed by atoms with Crippen molar-refractivity contribution in [3.05, 3.63) is 41.7 Å². The van der Waals surface area contributed by atoms with Crippen LogP contribution in [0.25, 0.3) is 11.1 Å². The summed E-state index contributed by atoms with van der Waals surface area (Å²) >= 11 is 0. The molecule has 0 aliphatic carbocycles. The number of nitrogens with zero attached hydrogens (tertiary/aromatic N) is 1. The third-order valence-corrected chi connectivity index (χ3v) is 3.05. The minimum Gasteiger partial charge on any atom is -0.493 e. The number of nitrogens with two attached hydrogens (primary N) is 1. The van der Waals surface area contributed by atoms with Gasteiger partial charge in [0.2, 0.25) is 0 Å². The molecule has 2 N–H and O–H groups in total. The second-order valence-corrected chi connectivity index (χ2v) is 4.26. The van der Waals surface area contributed by atoms with E-state index in [9.17, 15) is 0 Å². The van der Waals surface area contributed by atoms with Crippen LogP contribution in [0.5, 0.6) is 11.5 Å². The molecule has 4 heteroatoms. The van der Waals surface area contributed by atoms with Crippen molar-refractivity contribution in [2.24, 2.45) is 5.73 Å². The number of hydrogen-bond donors (Lipinski definition) is 1. The molecule has 1 heterocycles. The largest absolute Gasteiger partial charge is 0.493 e. The zero-order valence-corrected chi connectivity index (χ0v) is 11.4. The molecule has 1 aromatic carbocycles. The van der Waals surface area contributed by atoms with E-state index in [1.54, 1.807) is 14.2 Å². The quantitative estimate of drug-likeness (QED) is 0.915. The zero-order chi connectivity index (χ0) is 13.8. The average Bonchev–Trinajstić information content (AvgIpc) is 2.46. The van der Waals surface area contributed by atoms with E-state index < -0.39 is 0 Å². The first kappa shape index (κ1) is 13.4. The Labute approximate surface area is 113 Å². The lowest BCUT2D eigenvalue weighted by Crippen LogP contribution is -2.01. The molecule has 0 bridgehead atoms. The molecule has 0 fully saturated rings. The second-order valence-electron chi connectivity index (χ2n) is 4.26. The van der Waals surface area contributed by atoms with E-state index in [-0.39, 0.29) is 0 Å². The van der Waals surface area contributed by atoms with Gasteiger partial charge in [0, 0.05) is 24.0 Å². The predicted molar refractivity (Wildman–Crippen MR) is 75.4 cm³/mol. The van der Waals surface area contributed by atoms with Crippen LogP contribution < -0.4 is 15.2 Å². The Morgan fingerprint density at radius 1 is 1.11 bits per heavy atom. The fourth-order valence-electron chi connectivity index (χ4n) is 1.99. The van der Waals surface area contributed by atoms with Gasteiger partial charge in [-0.2, -0.15) is 0 Å². The van der Waals surface area contributed by atoms with Gasteiger partial charge in [-0.15, -0.1) is 0 Å². The molecule has 0 unspecified atom stereocenters. The van der Waals surface area contributed by atoms with Gasteiger partial charge >= 0.3 is 0 Å². The topological polar surface area (TPSA) is 57.4 Å². The van der Waals surface area contributed by atoms with Crippen LogP contribution in [0, 0.1) is 6.92 Å². The number of aryl methyl sites for hydroxylation is 1. The Bertz CT molecular complexity index is 565. The lowest BCUT2D eigenvalue weighted by molar-refractivity contribution is 0.354. The first-order valence-corrected chi connectivity index (χ1v) is 6.07. The molecule has 2 rings (SSSR count). The number of pyridine rings is 1. The van der Waals surface area contributed by atoms with Crippen LogP contribution in [0.4, 0.5) is 0 Å². The summed E-state index contributed by atoms with van der Waals surface area (Å²) in [5.74, 6) is 1.38. The highest BCUT2D eigenvalue weighted by atomic mass is 16.5. The fraction of sp³-hybridized carbons (Fsp3) is 0.267. The highest BCUT2D eigenvalue weighted by molar-refractivity contribution is 5.70. The third-order valence-electron chi connectivity index (χ3n) is 3.05. The van der Waals surface area contributed by atoms with Crippen molar-refractivity contribution in [2.45, 2.75) is 13.5 Å². The number of hydrogen-bond acceptors (Lipinski definition) is 4. The summed E-state index contributed by atoms with van der Waals surface area (Å²) < 4.78 is 10.6. The van der Waals surface area contributed by atoms with Crippen molar-refractivity contribution in [2.75, 3.05) is 14.2 Å². The summed E-state index contributed by atoms with van der Waals surface area (Å²) in [5, 5.41) is 0. The van der Waals surface area contributed by atoms with Gasteiger partial charge in [-0.1, -0.05) is 6.07 Å². The molecule has 0 atom stereocenters.